The van der Waals surface area contributed by atoms with Gasteiger partial charge in [-0.2, -0.15) is 4.31 Å². The molecule has 0 aromatic heterocycles. The van der Waals surface area contributed by atoms with Gasteiger partial charge in [-0.3, -0.25) is 9.79 Å². The smallest absolute Gasteiger partial charge is 0.253 e. The lowest BCUT2D eigenvalue weighted by molar-refractivity contribution is -0.124. The maximum absolute atomic E-state index is 12.9. The number of sulfonamides is 1. The largest absolute Gasteiger partial charge is 0.308 e. The number of piperidine rings is 1. The second-order valence-corrected chi connectivity index (χ2v) is 9.50. The summed E-state index contributed by atoms with van der Waals surface area (Å²) in [4.78, 5) is 17.6. The van der Waals surface area contributed by atoms with Crippen molar-refractivity contribution in [2.75, 3.05) is 13.1 Å². The predicted octanol–water partition coefficient (Wildman–Crippen LogP) is 2.75. The molecule has 1 amide bonds. The molecule has 2 aromatic carbocycles. The van der Waals surface area contributed by atoms with Crippen molar-refractivity contribution in [2.45, 2.75) is 30.2 Å². The van der Waals surface area contributed by atoms with E-state index in [1.54, 1.807) is 12.1 Å². The number of hydrogen-bond donors (Lipinski definition) is 1. The zero-order valence-electron chi connectivity index (χ0n) is 15.4. The van der Waals surface area contributed by atoms with Crippen LogP contribution in [0.1, 0.15) is 24.0 Å². The molecule has 2 aliphatic rings. The lowest BCUT2D eigenvalue weighted by atomic mass is 9.89. The minimum absolute atomic E-state index is 0.162. The fraction of sp³-hybridized carbons (Fsp3) is 0.300. The van der Waals surface area contributed by atoms with E-state index < -0.39 is 15.6 Å². The van der Waals surface area contributed by atoms with Crippen LogP contribution in [0.15, 0.2) is 58.4 Å². The highest BCUT2D eigenvalue weighted by atomic mass is 35.5. The van der Waals surface area contributed by atoms with Crippen molar-refractivity contribution in [2.24, 2.45) is 4.99 Å². The van der Waals surface area contributed by atoms with Crippen molar-refractivity contribution in [1.29, 1.82) is 0 Å². The Morgan fingerprint density at radius 2 is 1.82 bits per heavy atom. The lowest BCUT2D eigenvalue weighted by Crippen LogP contribution is -2.50. The van der Waals surface area contributed by atoms with Gasteiger partial charge in [0.2, 0.25) is 10.0 Å². The Morgan fingerprint density at radius 3 is 2.50 bits per heavy atom. The first-order chi connectivity index (χ1) is 13.3. The van der Waals surface area contributed by atoms with Crippen LogP contribution in [0.4, 0.5) is 0 Å². The molecule has 1 spiro atoms. The minimum atomic E-state index is -3.65. The Kier molecular flexibility index (Phi) is 4.77. The number of benzene rings is 2. The normalized spacial score (nSPS) is 19.5. The SMILES string of the molecule is Cc1ccccc1C1=NC2(CCN(S(=O)(=O)c3cccc(Cl)c3)CC2)C(=O)N1. The van der Waals surface area contributed by atoms with E-state index >= 15 is 0 Å². The number of amides is 1. The third-order valence-electron chi connectivity index (χ3n) is 5.36. The van der Waals surface area contributed by atoms with E-state index in [1.165, 1.54) is 16.4 Å². The molecule has 0 bridgehead atoms. The molecule has 2 heterocycles. The third-order valence-corrected chi connectivity index (χ3v) is 7.49. The second kappa shape index (κ2) is 6.99. The summed E-state index contributed by atoms with van der Waals surface area (Å²) in [5, 5.41) is 3.26. The van der Waals surface area contributed by atoms with Gasteiger partial charge >= 0.3 is 0 Å². The number of nitrogens with one attached hydrogen (secondary N) is 1. The van der Waals surface area contributed by atoms with E-state index in [9.17, 15) is 13.2 Å². The van der Waals surface area contributed by atoms with Gasteiger partial charge < -0.3 is 5.32 Å². The highest BCUT2D eigenvalue weighted by Gasteiger charge is 2.47. The van der Waals surface area contributed by atoms with Crippen LogP contribution in [0.3, 0.4) is 0 Å². The molecule has 4 rings (SSSR count). The molecule has 146 valence electrons. The van der Waals surface area contributed by atoms with E-state index in [-0.39, 0.29) is 23.9 Å². The number of halogens is 1. The minimum Gasteiger partial charge on any atom is -0.308 e. The Labute approximate surface area is 169 Å². The topological polar surface area (TPSA) is 78.8 Å². The van der Waals surface area contributed by atoms with Crippen LogP contribution in [-0.4, -0.2) is 43.1 Å². The van der Waals surface area contributed by atoms with Gasteiger partial charge in [0.15, 0.2) is 0 Å². The molecule has 6 nitrogen and oxygen atoms in total. The first kappa shape index (κ1) is 19.1. The van der Waals surface area contributed by atoms with E-state index in [0.717, 1.165) is 11.1 Å². The summed E-state index contributed by atoms with van der Waals surface area (Å²) in [6, 6.07) is 14.0. The quantitative estimate of drug-likeness (QED) is 0.833. The summed E-state index contributed by atoms with van der Waals surface area (Å²) >= 11 is 5.94. The van der Waals surface area contributed by atoms with Gasteiger partial charge in [-0.1, -0.05) is 41.9 Å². The van der Waals surface area contributed by atoms with Gasteiger partial charge in [0, 0.05) is 23.7 Å². The molecule has 1 saturated heterocycles. The van der Waals surface area contributed by atoms with Gasteiger partial charge in [-0.25, -0.2) is 8.42 Å². The van der Waals surface area contributed by atoms with Crippen LogP contribution in [0.25, 0.3) is 0 Å². The van der Waals surface area contributed by atoms with Gasteiger partial charge in [0.25, 0.3) is 5.91 Å². The molecule has 0 aliphatic carbocycles. The predicted molar refractivity (Wildman–Crippen MR) is 108 cm³/mol. The maximum atomic E-state index is 12.9. The average Bonchev–Trinajstić information content (AvgIpc) is 2.98. The second-order valence-electron chi connectivity index (χ2n) is 7.12. The molecule has 0 saturated carbocycles. The van der Waals surface area contributed by atoms with Crippen molar-refractivity contribution in [3.05, 3.63) is 64.7 Å². The summed E-state index contributed by atoms with van der Waals surface area (Å²) in [5.74, 6) is 0.403. The molecule has 0 radical (unpaired) electrons. The molecule has 2 aliphatic heterocycles. The molecule has 0 unspecified atom stereocenters. The Morgan fingerprint density at radius 1 is 1.11 bits per heavy atom. The monoisotopic (exact) mass is 417 g/mol. The Bertz CT molecular complexity index is 1070. The first-order valence-electron chi connectivity index (χ1n) is 9.05. The molecule has 8 heteroatoms. The highest BCUT2D eigenvalue weighted by molar-refractivity contribution is 7.89. The number of hydrogen-bond acceptors (Lipinski definition) is 4. The molecular formula is C20H20ClN3O3S. The van der Waals surface area contributed by atoms with Crippen molar-refractivity contribution in [3.63, 3.8) is 0 Å². The number of carbonyl (C=O) groups excluding carboxylic acids is 1. The third kappa shape index (κ3) is 3.23. The number of aryl methyl sites for hydroxylation is 1. The number of carbonyl (C=O) groups is 1. The van der Waals surface area contributed by atoms with Crippen molar-refractivity contribution < 1.29 is 13.2 Å². The number of amidine groups is 1. The Balaban J connectivity index is 1.56. The van der Waals surface area contributed by atoms with Crippen LogP contribution in [-0.2, 0) is 14.8 Å². The first-order valence-corrected chi connectivity index (χ1v) is 10.9. The van der Waals surface area contributed by atoms with E-state index in [0.29, 0.717) is 23.7 Å². The van der Waals surface area contributed by atoms with Gasteiger partial charge in [0.1, 0.15) is 11.4 Å². The maximum Gasteiger partial charge on any atom is 0.253 e. The summed E-state index contributed by atoms with van der Waals surface area (Å²) in [5.41, 5.74) is 1.01. The zero-order chi connectivity index (χ0) is 19.9. The fourth-order valence-electron chi connectivity index (χ4n) is 3.69. The summed E-state index contributed by atoms with van der Waals surface area (Å²) in [7, 11) is -3.65. The highest BCUT2D eigenvalue weighted by Crippen LogP contribution is 2.33. The fourth-order valence-corrected chi connectivity index (χ4v) is 5.44. The summed E-state index contributed by atoms with van der Waals surface area (Å²) in [6.07, 6.45) is 0.683. The molecule has 1 fully saturated rings. The van der Waals surface area contributed by atoms with Crippen molar-refractivity contribution in [1.82, 2.24) is 9.62 Å². The summed E-state index contributed by atoms with van der Waals surface area (Å²) < 4.78 is 27.2. The summed E-state index contributed by atoms with van der Waals surface area (Å²) in [6.45, 7) is 2.43. The number of rotatable bonds is 3. The molecule has 1 N–H and O–H groups in total. The lowest BCUT2D eigenvalue weighted by Gasteiger charge is -2.34. The van der Waals surface area contributed by atoms with Gasteiger partial charge in [0.05, 0.1) is 4.90 Å². The van der Waals surface area contributed by atoms with Crippen LogP contribution in [0, 0.1) is 6.92 Å². The van der Waals surface area contributed by atoms with Crippen molar-refractivity contribution >= 4 is 33.4 Å². The molecule has 2 aromatic rings. The molecular weight excluding hydrogens is 398 g/mol. The van der Waals surface area contributed by atoms with Crippen LogP contribution in [0.2, 0.25) is 5.02 Å². The van der Waals surface area contributed by atoms with Crippen LogP contribution < -0.4 is 5.32 Å². The van der Waals surface area contributed by atoms with Crippen molar-refractivity contribution in [3.8, 4) is 0 Å². The average molecular weight is 418 g/mol. The number of aliphatic imine (C=N–C) groups is 1. The van der Waals surface area contributed by atoms with Crippen LogP contribution >= 0.6 is 11.6 Å². The zero-order valence-corrected chi connectivity index (χ0v) is 16.9. The van der Waals surface area contributed by atoms with Gasteiger partial charge in [-0.15, -0.1) is 0 Å². The Hall–Kier alpha value is -2.22. The standard InChI is InChI=1S/C20H20ClN3O3S/c1-14-5-2-3-8-17(14)18-22-19(25)20(23-18)9-11-24(12-10-20)28(26,27)16-7-4-6-15(21)13-16/h2-8,13H,9-12H2,1H3,(H,22,23,25). The van der Waals surface area contributed by atoms with E-state index in [1.807, 2.05) is 31.2 Å². The van der Waals surface area contributed by atoms with E-state index in [4.69, 9.17) is 16.6 Å². The van der Waals surface area contributed by atoms with Crippen LogP contribution in [0.5, 0.6) is 0 Å². The molecule has 0 atom stereocenters. The molecule has 28 heavy (non-hydrogen) atoms. The van der Waals surface area contributed by atoms with Gasteiger partial charge in [-0.05, 0) is 43.5 Å². The number of nitrogens with zero attached hydrogens (tertiary/aromatic N) is 2. The van der Waals surface area contributed by atoms with E-state index in [2.05, 4.69) is 5.32 Å².